The van der Waals surface area contributed by atoms with Crippen LogP contribution in [0.15, 0.2) is 78.9 Å². The average molecular weight is 345 g/mol. The molecule has 0 saturated carbocycles. The van der Waals surface area contributed by atoms with Gasteiger partial charge in [0.05, 0.1) is 0 Å². The highest BCUT2D eigenvalue weighted by Gasteiger charge is 2.11. The molecule has 0 spiro atoms. The van der Waals surface area contributed by atoms with Gasteiger partial charge in [0.15, 0.2) is 0 Å². The molecule has 3 heteroatoms. The van der Waals surface area contributed by atoms with E-state index in [0.29, 0.717) is 6.42 Å². The predicted octanol–water partition coefficient (Wildman–Crippen LogP) is 5.92. The first-order valence-electron chi connectivity index (χ1n) is 8.79. The third-order valence-corrected chi connectivity index (χ3v) is 4.22. The highest BCUT2D eigenvalue weighted by Crippen LogP contribution is 2.24. The van der Waals surface area contributed by atoms with Gasteiger partial charge in [0.2, 0.25) is 5.91 Å². The van der Waals surface area contributed by atoms with Crippen molar-refractivity contribution in [2.24, 2.45) is 0 Å². The molecule has 0 aliphatic rings. The van der Waals surface area contributed by atoms with Crippen molar-refractivity contribution < 1.29 is 9.53 Å². The third kappa shape index (κ3) is 4.96. The maximum atomic E-state index is 12.3. The Kier molecular flexibility index (Phi) is 5.69. The molecule has 0 aromatic heterocycles. The molecule has 132 valence electrons. The fraction of sp³-hybridized carbons (Fsp3) is 0.174. The van der Waals surface area contributed by atoms with E-state index < -0.39 is 0 Å². The summed E-state index contributed by atoms with van der Waals surface area (Å²) in [6, 6.07) is 25.4. The van der Waals surface area contributed by atoms with Crippen molar-refractivity contribution in [3.05, 3.63) is 90.0 Å². The Morgan fingerprint density at radius 2 is 1.65 bits per heavy atom. The number of carbonyl (C=O) groups excluding carboxylic acids is 1. The van der Waals surface area contributed by atoms with Crippen LogP contribution in [-0.2, 0) is 4.79 Å². The average Bonchev–Trinajstić information content (AvgIpc) is 2.64. The molecule has 0 radical (unpaired) electrons. The second-order valence-electron chi connectivity index (χ2n) is 6.51. The van der Waals surface area contributed by atoms with Crippen molar-refractivity contribution in [1.29, 1.82) is 0 Å². The number of hydrogen-bond acceptors (Lipinski definition) is 2. The van der Waals surface area contributed by atoms with Gasteiger partial charge in [-0.2, -0.15) is 0 Å². The highest BCUT2D eigenvalue weighted by molar-refractivity contribution is 5.91. The molecule has 0 bridgehead atoms. The number of nitrogens with one attached hydrogen (secondary N) is 1. The van der Waals surface area contributed by atoms with Crippen LogP contribution >= 0.6 is 0 Å². The molecule has 3 rings (SSSR count). The van der Waals surface area contributed by atoms with E-state index >= 15 is 0 Å². The van der Waals surface area contributed by atoms with Crippen molar-refractivity contribution in [2.45, 2.75) is 26.2 Å². The number of ether oxygens (including phenoxy) is 1. The minimum absolute atomic E-state index is 0.00806. The van der Waals surface area contributed by atoms with Crippen LogP contribution in [0.5, 0.6) is 11.5 Å². The summed E-state index contributed by atoms with van der Waals surface area (Å²) in [7, 11) is 0. The van der Waals surface area contributed by atoms with Gasteiger partial charge in [0.25, 0.3) is 0 Å². The molecule has 0 aliphatic heterocycles. The van der Waals surface area contributed by atoms with Gasteiger partial charge in [0.1, 0.15) is 11.5 Å². The lowest BCUT2D eigenvalue weighted by atomic mass is 9.97. The van der Waals surface area contributed by atoms with E-state index in [-0.39, 0.29) is 11.8 Å². The quantitative estimate of drug-likeness (QED) is 0.602. The van der Waals surface area contributed by atoms with Crippen LogP contribution in [0.2, 0.25) is 0 Å². The Morgan fingerprint density at radius 1 is 0.923 bits per heavy atom. The SMILES string of the molecule is Cc1cccc(Oc2ccc(NC(=O)C[C@H](C)c3ccccc3)cc2)c1. The molecule has 0 aliphatic carbocycles. The molecule has 3 aromatic rings. The maximum Gasteiger partial charge on any atom is 0.224 e. The summed E-state index contributed by atoms with van der Waals surface area (Å²) in [4.78, 5) is 12.3. The first kappa shape index (κ1) is 17.7. The number of rotatable bonds is 6. The van der Waals surface area contributed by atoms with Crippen LogP contribution in [0.25, 0.3) is 0 Å². The van der Waals surface area contributed by atoms with Gasteiger partial charge < -0.3 is 10.1 Å². The molecule has 1 atom stereocenters. The van der Waals surface area contributed by atoms with E-state index in [4.69, 9.17) is 4.74 Å². The molecule has 1 N–H and O–H groups in total. The molecule has 0 fully saturated rings. The summed E-state index contributed by atoms with van der Waals surface area (Å²) in [6.45, 7) is 4.09. The van der Waals surface area contributed by atoms with Crippen molar-refractivity contribution in [1.82, 2.24) is 0 Å². The van der Waals surface area contributed by atoms with E-state index in [0.717, 1.165) is 22.7 Å². The lowest BCUT2D eigenvalue weighted by Crippen LogP contribution is -2.14. The zero-order chi connectivity index (χ0) is 18.4. The van der Waals surface area contributed by atoms with Crippen LogP contribution < -0.4 is 10.1 Å². The molecular weight excluding hydrogens is 322 g/mol. The normalized spacial score (nSPS) is 11.6. The molecule has 26 heavy (non-hydrogen) atoms. The van der Waals surface area contributed by atoms with Gasteiger partial charge in [-0.15, -0.1) is 0 Å². The first-order chi connectivity index (χ1) is 12.6. The smallest absolute Gasteiger partial charge is 0.224 e. The van der Waals surface area contributed by atoms with Crippen molar-refractivity contribution >= 4 is 11.6 Å². The van der Waals surface area contributed by atoms with E-state index in [9.17, 15) is 4.79 Å². The standard InChI is InChI=1S/C23H23NO2/c1-17-7-6-10-22(15-17)26-21-13-11-20(12-14-21)24-23(25)16-18(2)19-8-4-3-5-9-19/h3-15,18H,16H2,1-2H3,(H,24,25)/t18-/m0/s1. The zero-order valence-electron chi connectivity index (χ0n) is 15.1. The Morgan fingerprint density at radius 3 is 2.35 bits per heavy atom. The third-order valence-electron chi connectivity index (χ3n) is 4.22. The van der Waals surface area contributed by atoms with E-state index in [1.165, 1.54) is 5.56 Å². The number of anilines is 1. The monoisotopic (exact) mass is 345 g/mol. The molecule has 0 unspecified atom stereocenters. The minimum atomic E-state index is 0.00806. The number of amides is 1. The predicted molar refractivity (Wildman–Crippen MR) is 106 cm³/mol. The Balaban J connectivity index is 1.56. The fourth-order valence-electron chi connectivity index (χ4n) is 2.81. The largest absolute Gasteiger partial charge is 0.457 e. The summed E-state index contributed by atoms with van der Waals surface area (Å²) in [5, 5.41) is 2.95. The minimum Gasteiger partial charge on any atom is -0.457 e. The van der Waals surface area contributed by atoms with Crippen LogP contribution in [0.3, 0.4) is 0 Å². The van der Waals surface area contributed by atoms with Crippen molar-refractivity contribution in [3.63, 3.8) is 0 Å². The van der Waals surface area contributed by atoms with Gasteiger partial charge in [-0.25, -0.2) is 0 Å². The second-order valence-corrected chi connectivity index (χ2v) is 6.51. The number of hydrogen-bond donors (Lipinski definition) is 1. The first-order valence-corrected chi connectivity index (χ1v) is 8.79. The van der Waals surface area contributed by atoms with Gasteiger partial charge >= 0.3 is 0 Å². The topological polar surface area (TPSA) is 38.3 Å². The van der Waals surface area contributed by atoms with Gasteiger partial charge in [-0.3, -0.25) is 4.79 Å². The molecule has 3 aromatic carbocycles. The second kappa shape index (κ2) is 8.34. The number of benzene rings is 3. The van der Waals surface area contributed by atoms with E-state index in [1.807, 2.05) is 73.7 Å². The van der Waals surface area contributed by atoms with E-state index in [2.05, 4.69) is 24.4 Å². The summed E-state index contributed by atoms with van der Waals surface area (Å²) >= 11 is 0. The Labute approximate surface area is 154 Å². The Bertz CT molecular complexity index is 857. The number of aryl methyl sites for hydroxylation is 1. The highest BCUT2D eigenvalue weighted by atomic mass is 16.5. The van der Waals surface area contributed by atoms with Crippen LogP contribution in [0, 0.1) is 6.92 Å². The Hall–Kier alpha value is -3.07. The summed E-state index contributed by atoms with van der Waals surface area (Å²) < 4.78 is 5.83. The van der Waals surface area contributed by atoms with Crippen LogP contribution in [-0.4, -0.2) is 5.91 Å². The number of carbonyl (C=O) groups is 1. The van der Waals surface area contributed by atoms with E-state index in [1.54, 1.807) is 0 Å². The lowest BCUT2D eigenvalue weighted by molar-refractivity contribution is -0.116. The van der Waals surface area contributed by atoms with Gasteiger partial charge in [0, 0.05) is 12.1 Å². The van der Waals surface area contributed by atoms with Crippen molar-refractivity contribution in [2.75, 3.05) is 5.32 Å². The fourth-order valence-corrected chi connectivity index (χ4v) is 2.81. The van der Waals surface area contributed by atoms with Crippen LogP contribution in [0.1, 0.15) is 30.4 Å². The van der Waals surface area contributed by atoms with Crippen LogP contribution in [0.4, 0.5) is 5.69 Å². The van der Waals surface area contributed by atoms with Gasteiger partial charge in [-0.05, 0) is 60.4 Å². The van der Waals surface area contributed by atoms with Gasteiger partial charge in [-0.1, -0.05) is 49.4 Å². The van der Waals surface area contributed by atoms with Crippen molar-refractivity contribution in [3.8, 4) is 11.5 Å². The molecule has 3 nitrogen and oxygen atoms in total. The lowest BCUT2D eigenvalue weighted by Gasteiger charge is -2.12. The maximum absolute atomic E-state index is 12.3. The molecular formula is C23H23NO2. The summed E-state index contributed by atoms with van der Waals surface area (Å²) in [5.74, 6) is 1.73. The molecule has 0 heterocycles. The summed E-state index contributed by atoms with van der Waals surface area (Å²) in [6.07, 6.45) is 0.450. The molecule has 0 saturated heterocycles. The zero-order valence-corrected chi connectivity index (χ0v) is 15.1. The molecule has 1 amide bonds. The summed E-state index contributed by atoms with van der Waals surface area (Å²) in [5.41, 5.74) is 3.09.